The molecule has 7 nitrogen and oxygen atoms in total. The summed E-state index contributed by atoms with van der Waals surface area (Å²) in [7, 11) is 0. The highest BCUT2D eigenvalue weighted by atomic mass is 32.2. The fourth-order valence-corrected chi connectivity index (χ4v) is 3.94. The Morgan fingerprint density at radius 1 is 1.06 bits per heavy atom. The lowest BCUT2D eigenvalue weighted by molar-refractivity contribution is -0.113. The number of rotatable bonds is 7. The number of thioether (sulfide) groups is 1. The van der Waals surface area contributed by atoms with Crippen LogP contribution in [0.5, 0.6) is 0 Å². The molecule has 0 spiro atoms. The van der Waals surface area contributed by atoms with Crippen LogP contribution in [0.1, 0.15) is 25.0 Å². The third-order valence-corrected chi connectivity index (χ3v) is 5.91. The SMILES string of the molecule is CCc1ccc(-c2cc3c(=O)[nH]nc(SCC(=O)Nc4cccc(CC)c4)n3n2)cc1. The second kappa shape index (κ2) is 9.18. The second-order valence-electron chi connectivity index (χ2n) is 7.10. The molecule has 0 unspecified atom stereocenters. The molecule has 0 radical (unpaired) electrons. The molecule has 2 N–H and O–H groups in total. The largest absolute Gasteiger partial charge is 0.325 e. The van der Waals surface area contributed by atoms with Crippen molar-refractivity contribution in [3.63, 3.8) is 0 Å². The number of amides is 1. The van der Waals surface area contributed by atoms with Crippen molar-refractivity contribution in [3.8, 4) is 11.3 Å². The van der Waals surface area contributed by atoms with Crippen LogP contribution in [-0.4, -0.2) is 31.5 Å². The number of hydrogen-bond donors (Lipinski definition) is 2. The number of aryl methyl sites for hydroxylation is 2. The zero-order valence-corrected chi connectivity index (χ0v) is 18.2. The number of aromatic amines is 1. The number of H-pyrrole nitrogens is 1. The Hall–Kier alpha value is -3.39. The molecule has 0 saturated heterocycles. The molecule has 0 aliphatic carbocycles. The molecule has 4 rings (SSSR count). The summed E-state index contributed by atoms with van der Waals surface area (Å²) in [5.41, 5.74) is 4.83. The van der Waals surface area contributed by atoms with E-state index in [1.54, 1.807) is 6.07 Å². The summed E-state index contributed by atoms with van der Waals surface area (Å²) >= 11 is 1.22. The summed E-state index contributed by atoms with van der Waals surface area (Å²) in [6.07, 6.45) is 1.86. The van der Waals surface area contributed by atoms with Crippen LogP contribution in [0.3, 0.4) is 0 Å². The standard InChI is InChI=1S/C23H23N5O2S/c1-3-15-8-10-17(11-9-15)19-13-20-22(30)25-26-23(28(20)27-19)31-14-21(29)24-18-7-5-6-16(4-2)12-18/h5-13H,3-4,14H2,1-2H3,(H,24,29)(H,25,30). The first kappa shape index (κ1) is 20.9. The molecular weight excluding hydrogens is 410 g/mol. The number of carbonyl (C=O) groups excluding carboxylic acids is 1. The molecule has 0 aliphatic heterocycles. The first-order valence-corrected chi connectivity index (χ1v) is 11.1. The van der Waals surface area contributed by atoms with Crippen LogP contribution in [0.2, 0.25) is 0 Å². The normalized spacial score (nSPS) is 11.0. The van der Waals surface area contributed by atoms with Crippen LogP contribution >= 0.6 is 11.8 Å². The highest BCUT2D eigenvalue weighted by Crippen LogP contribution is 2.22. The van der Waals surface area contributed by atoms with Crippen molar-refractivity contribution in [2.24, 2.45) is 0 Å². The first-order chi connectivity index (χ1) is 15.1. The predicted octanol–water partition coefficient (Wildman–Crippen LogP) is 3.94. The number of nitrogens with zero attached hydrogens (tertiary/aromatic N) is 3. The van der Waals surface area contributed by atoms with E-state index in [0.717, 1.165) is 29.7 Å². The summed E-state index contributed by atoms with van der Waals surface area (Å²) in [6, 6.07) is 17.6. The van der Waals surface area contributed by atoms with Crippen LogP contribution in [0.4, 0.5) is 5.69 Å². The van der Waals surface area contributed by atoms with Gasteiger partial charge in [0, 0.05) is 11.3 Å². The fourth-order valence-electron chi connectivity index (χ4n) is 3.23. The van der Waals surface area contributed by atoms with Crippen molar-refractivity contribution in [3.05, 3.63) is 76.1 Å². The number of hydrogen-bond acceptors (Lipinski definition) is 5. The number of benzene rings is 2. The van der Waals surface area contributed by atoms with Gasteiger partial charge in [-0.2, -0.15) is 5.10 Å². The first-order valence-electron chi connectivity index (χ1n) is 10.2. The van der Waals surface area contributed by atoms with Gasteiger partial charge < -0.3 is 5.32 Å². The fraction of sp³-hybridized carbons (Fsp3) is 0.217. The predicted molar refractivity (Wildman–Crippen MR) is 124 cm³/mol. The van der Waals surface area contributed by atoms with E-state index in [1.165, 1.54) is 21.8 Å². The molecule has 0 fully saturated rings. The topological polar surface area (TPSA) is 92.1 Å². The van der Waals surface area contributed by atoms with Gasteiger partial charge in [-0.3, -0.25) is 9.59 Å². The number of aromatic nitrogens is 4. The van der Waals surface area contributed by atoms with Crippen LogP contribution < -0.4 is 10.9 Å². The Morgan fingerprint density at radius 3 is 2.58 bits per heavy atom. The van der Waals surface area contributed by atoms with E-state index in [1.807, 2.05) is 36.4 Å². The number of nitrogens with one attached hydrogen (secondary N) is 2. The molecular formula is C23H23N5O2S. The highest BCUT2D eigenvalue weighted by Gasteiger charge is 2.14. The Morgan fingerprint density at radius 2 is 1.84 bits per heavy atom. The van der Waals surface area contributed by atoms with E-state index < -0.39 is 0 Å². The minimum absolute atomic E-state index is 0.144. The lowest BCUT2D eigenvalue weighted by Gasteiger charge is -2.07. The van der Waals surface area contributed by atoms with Crippen LogP contribution in [0.15, 0.2) is 64.5 Å². The summed E-state index contributed by atoms with van der Waals surface area (Å²) in [5.74, 6) is -0.00725. The van der Waals surface area contributed by atoms with Crippen molar-refractivity contribution < 1.29 is 4.79 Å². The van der Waals surface area contributed by atoms with Crippen LogP contribution in [0, 0.1) is 0 Å². The molecule has 2 heterocycles. The van der Waals surface area contributed by atoms with Crippen molar-refractivity contribution in [1.82, 2.24) is 19.8 Å². The molecule has 0 bridgehead atoms. The van der Waals surface area contributed by atoms with E-state index in [4.69, 9.17) is 0 Å². The van der Waals surface area contributed by atoms with Gasteiger partial charge in [0.15, 0.2) is 0 Å². The third kappa shape index (κ3) is 4.69. The number of anilines is 1. The molecule has 0 aliphatic rings. The van der Waals surface area contributed by atoms with Crippen molar-refractivity contribution in [2.45, 2.75) is 31.8 Å². The van der Waals surface area contributed by atoms with Gasteiger partial charge in [0.25, 0.3) is 5.56 Å². The average Bonchev–Trinajstić information content (AvgIpc) is 3.25. The van der Waals surface area contributed by atoms with Gasteiger partial charge in [-0.25, -0.2) is 9.61 Å². The number of carbonyl (C=O) groups is 1. The molecule has 158 valence electrons. The van der Waals surface area contributed by atoms with E-state index in [-0.39, 0.29) is 17.2 Å². The lowest BCUT2D eigenvalue weighted by Crippen LogP contribution is -2.17. The van der Waals surface area contributed by atoms with Gasteiger partial charge in [-0.05, 0) is 42.2 Å². The highest BCUT2D eigenvalue weighted by molar-refractivity contribution is 7.99. The Bertz CT molecular complexity index is 1280. The molecule has 4 aromatic rings. The van der Waals surface area contributed by atoms with Gasteiger partial charge in [0.1, 0.15) is 5.52 Å². The zero-order chi connectivity index (χ0) is 21.8. The molecule has 2 aromatic heterocycles. The van der Waals surface area contributed by atoms with E-state index >= 15 is 0 Å². The van der Waals surface area contributed by atoms with Gasteiger partial charge in [-0.1, -0.05) is 62.0 Å². The maximum atomic E-state index is 12.4. The number of fused-ring (bicyclic) bond motifs is 1. The Balaban J connectivity index is 1.53. The summed E-state index contributed by atoms with van der Waals surface area (Å²) in [4.78, 5) is 24.7. The van der Waals surface area contributed by atoms with Crippen molar-refractivity contribution in [1.29, 1.82) is 0 Å². The second-order valence-corrected chi connectivity index (χ2v) is 8.05. The van der Waals surface area contributed by atoms with E-state index in [9.17, 15) is 9.59 Å². The molecule has 2 aromatic carbocycles. The minimum atomic E-state index is -0.325. The molecule has 0 saturated carbocycles. The zero-order valence-electron chi connectivity index (χ0n) is 17.4. The maximum absolute atomic E-state index is 12.4. The molecule has 0 atom stereocenters. The minimum Gasteiger partial charge on any atom is -0.325 e. The monoisotopic (exact) mass is 433 g/mol. The smallest absolute Gasteiger partial charge is 0.290 e. The van der Waals surface area contributed by atoms with Crippen LogP contribution in [-0.2, 0) is 17.6 Å². The average molecular weight is 434 g/mol. The third-order valence-electron chi connectivity index (χ3n) is 4.99. The maximum Gasteiger partial charge on any atom is 0.290 e. The van der Waals surface area contributed by atoms with Crippen molar-refractivity contribution >= 4 is 28.9 Å². The summed E-state index contributed by atoms with van der Waals surface area (Å²) < 4.78 is 1.50. The summed E-state index contributed by atoms with van der Waals surface area (Å²) in [5, 5.41) is 14.5. The quantitative estimate of drug-likeness (QED) is 0.431. The van der Waals surface area contributed by atoms with Crippen LogP contribution in [0.25, 0.3) is 16.8 Å². The Kier molecular flexibility index (Phi) is 6.18. The summed E-state index contributed by atoms with van der Waals surface area (Å²) in [6.45, 7) is 4.17. The van der Waals surface area contributed by atoms with E-state index in [0.29, 0.717) is 16.4 Å². The van der Waals surface area contributed by atoms with Gasteiger partial charge in [0.2, 0.25) is 11.1 Å². The Labute approximate surface area is 183 Å². The molecule has 8 heteroatoms. The van der Waals surface area contributed by atoms with Gasteiger partial charge in [-0.15, -0.1) is 5.10 Å². The van der Waals surface area contributed by atoms with E-state index in [2.05, 4.69) is 46.6 Å². The molecule has 1 amide bonds. The van der Waals surface area contributed by atoms with Gasteiger partial charge >= 0.3 is 0 Å². The van der Waals surface area contributed by atoms with Gasteiger partial charge in [0.05, 0.1) is 11.4 Å². The molecule has 31 heavy (non-hydrogen) atoms. The lowest BCUT2D eigenvalue weighted by atomic mass is 10.1. The van der Waals surface area contributed by atoms with Crippen molar-refractivity contribution in [2.75, 3.05) is 11.1 Å².